The second-order valence-electron chi connectivity index (χ2n) is 5.38. The van der Waals surface area contributed by atoms with Crippen molar-refractivity contribution in [1.29, 1.82) is 0 Å². The Morgan fingerprint density at radius 2 is 1.95 bits per heavy atom. The lowest BCUT2D eigenvalue weighted by atomic mass is 10.2. The zero-order valence-electron chi connectivity index (χ0n) is 13.2. The van der Waals surface area contributed by atoms with Gasteiger partial charge in [-0.2, -0.15) is 10.2 Å². The Balaban J connectivity index is 0.000000235. The summed E-state index contributed by atoms with van der Waals surface area (Å²) in [6.45, 7) is 11.4. The number of nitrogens with one attached hydrogen (secondary N) is 3. The fraction of sp³-hybridized carbons (Fsp3) is 0.538. The van der Waals surface area contributed by atoms with E-state index in [0.717, 1.165) is 0 Å². The first-order chi connectivity index (χ1) is 10.2. The molecule has 0 spiro atoms. The third-order valence-corrected chi connectivity index (χ3v) is 2.78. The van der Waals surface area contributed by atoms with E-state index >= 15 is 0 Å². The van der Waals surface area contributed by atoms with Crippen molar-refractivity contribution in [1.82, 2.24) is 25.5 Å². The lowest BCUT2D eigenvalue weighted by Gasteiger charge is -2.19. The highest BCUT2D eigenvalue weighted by Gasteiger charge is 2.24. The van der Waals surface area contributed by atoms with Crippen LogP contribution in [-0.2, 0) is 4.79 Å². The number of H-pyrrole nitrogens is 2. The van der Waals surface area contributed by atoms with Gasteiger partial charge in [-0.25, -0.2) is 9.89 Å². The van der Waals surface area contributed by atoms with E-state index in [1.54, 1.807) is 4.90 Å². The van der Waals surface area contributed by atoms with E-state index in [1.807, 2.05) is 27.7 Å². The van der Waals surface area contributed by atoms with Crippen LogP contribution in [0, 0.1) is 5.92 Å². The van der Waals surface area contributed by atoms with Crippen molar-refractivity contribution in [3.05, 3.63) is 28.7 Å². The molecule has 1 aliphatic rings. The van der Waals surface area contributed by atoms with Gasteiger partial charge in [0.25, 0.3) is 0 Å². The molecule has 2 heterocycles. The van der Waals surface area contributed by atoms with Crippen LogP contribution in [0.15, 0.2) is 22.3 Å². The van der Waals surface area contributed by atoms with Gasteiger partial charge in [-0.15, -0.1) is 0 Å². The Kier molecular flexibility index (Phi) is 5.90. The Morgan fingerprint density at radius 1 is 1.32 bits per heavy atom. The quantitative estimate of drug-likeness (QED) is 0.646. The number of carboxylic acids is 1. The SMILES string of the molecule is C=C1NN=C(C(C)C)N1CC(=O)O.CC(C)c1n[nH]c(=O)[nH]1. The summed E-state index contributed by atoms with van der Waals surface area (Å²) in [5.74, 6) is 1.52. The first-order valence-electron chi connectivity index (χ1n) is 6.88. The third-order valence-electron chi connectivity index (χ3n) is 2.78. The van der Waals surface area contributed by atoms with Gasteiger partial charge in [0, 0.05) is 11.8 Å². The number of aromatic nitrogens is 3. The van der Waals surface area contributed by atoms with E-state index in [4.69, 9.17) is 5.11 Å². The Hall–Kier alpha value is -2.58. The maximum absolute atomic E-state index is 10.5. The molecule has 0 amide bonds. The smallest absolute Gasteiger partial charge is 0.340 e. The van der Waals surface area contributed by atoms with E-state index in [0.29, 0.717) is 17.5 Å². The number of hydrogen-bond acceptors (Lipinski definition) is 6. The number of hydrazone groups is 1. The summed E-state index contributed by atoms with van der Waals surface area (Å²) in [6, 6.07) is 0. The molecule has 0 saturated carbocycles. The molecule has 4 N–H and O–H groups in total. The second-order valence-corrected chi connectivity index (χ2v) is 5.38. The molecule has 1 aromatic rings. The number of rotatable bonds is 4. The summed E-state index contributed by atoms with van der Waals surface area (Å²) in [7, 11) is 0. The molecular formula is C13H22N6O3. The number of nitrogens with zero attached hydrogens (tertiary/aromatic N) is 3. The fourth-order valence-electron chi connectivity index (χ4n) is 1.69. The Labute approximate surface area is 128 Å². The summed E-state index contributed by atoms with van der Waals surface area (Å²) < 4.78 is 0. The fourth-order valence-corrected chi connectivity index (χ4v) is 1.69. The van der Waals surface area contributed by atoms with Gasteiger partial charge < -0.3 is 10.0 Å². The van der Waals surface area contributed by atoms with Crippen molar-refractivity contribution in [3.8, 4) is 0 Å². The van der Waals surface area contributed by atoms with E-state index in [1.165, 1.54) is 0 Å². The minimum Gasteiger partial charge on any atom is -0.480 e. The number of amidine groups is 1. The predicted molar refractivity (Wildman–Crippen MR) is 82.2 cm³/mol. The van der Waals surface area contributed by atoms with Gasteiger partial charge in [-0.05, 0) is 0 Å². The Morgan fingerprint density at radius 3 is 2.32 bits per heavy atom. The molecule has 1 aromatic heterocycles. The molecule has 0 radical (unpaired) electrons. The number of carboxylic acid groups (broad SMARTS) is 1. The standard InChI is InChI=1S/C8H13N3O2.C5H9N3O/c1-5(2)8-10-9-6(3)11(8)4-7(12)13;1-3(2)4-6-5(9)8-7-4/h5,9H,3-4H2,1-2H3,(H,12,13);3H,1-2H3,(H2,6,7,8,9). The first-order valence-corrected chi connectivity index (χ1v) is 6.88. The van der Waals surface area contributed by atoms with Crippen LogP contribution in [0.2, 0.25) is 0 Å². The molecule has 0 aromatic carbocycles. The molecule has 9 nitrogen and oxygen atoms in total. The zero-order chi connectivity index (χ0) is 16.9. The maximum Gasteiger partial charge on any atom is 0.340 e. The minimum absolute atomic E-state index is 0.0944. The molecule has 2 rings (SSSR count). The first kappa shape index (κ1) is 17.5. The van der Waals surface area contributed by atoms with Crippen LogP contribution in [0.5, 0.6) is 0 Å². The highest BCUT2D eigenvalue weighted by atomic mass is 16.4. The molecule has 122 valence electrons. The normalized spacial score (nSPS) is 13.8. The van der Waals surface area contributed by atoms with Crippen molar-refractivity contribution in [3.63, 3.8) is 0 Å². The number of aliphatic carboxylic acids is 1. The summed E-state index contributed by atoms with van der Waals surface area (Å²) >= 11 is 0. The van der Waals surface area contributed by atoms with Gasteiger partial charge in [0.1, 0.15) is 24.0 Å². The molecule has 0 saturated heterocycles. The molecule has 0 fully saturated rings. The van der Waals surface area contributed by atoms with Gasteiger partial charge in [0.15, 0.2) is 0 Å². The van der Waals surface area contributed by atoms with Crippen LogP contribution >= 0.6 is 0 Å². The monoisotopic (exact) mass is 310 g/mol. The highest BCUT2D eigenvalue weighted by Crippen LogP contribution is 2.13. The topological polar surface area (TPSA) is 126 Å². The van der Waals surface area contributed by atoms with Gasteiger partial charge in [0.2, 0.25) is 0 Å². The molecular weight excluding hydrogens is 288 g/mol. The van der Waals surface area contributed by atoms with E-state index in [2.05, 4.69) is 32.3 Å². The zero-order valence-corrected chi connectivity index (χ0v) is 13.2. The van der Waals surface area contributed by atoms with Crippen molar-refractivity contribution >= 4 is 11.8 Å². The van der Waals surface area contributed by atoms with Crippen LogP contribution in [0.25, 0.3) is 0 Å². The molecule has 22 heavy (non-hydrogen) atoms. The molecule has 0 atom stereocenters. The summed E-state index contributed by atoms with van der Waals surface area (Å²) in [4.78, 5) is 25.0. The van der Waals surface area contributed by atoms with Crippen LogP contribution in [0.4, 0.5) is 0 Å². The van der Waals surface area contributed by atoms with Gasteiger partial charge in [0.05, 0.1) is 0 Å². The van der Waals surface area contributed by atoms with Crippen molar-refractivity contribution in [2.75, 3.05) is 6.54 Å². The van der Waals surface area contributed by atoms with Crippen molar-refractivity contribution in [2.45, 2.75) is 33.6 Å². The van der Waals surface area contributed by atoms with Crippen molar-refractivity contribution < 1.29 is 9.90 Å². The van der Waals surface area contributed by atoms with E-state index in [9.17, 15) is 9.59 Å². The van der Waals surface area contributed by atoms with Gasteiger partial charge in [-0.1, -0.05) is 34.3 Å². The van der Waals surface area contributed by atoms with Crippen LogP contribution in [0.3, 0.4) is 0 Å². The number of carbonyl (C=O) groups is 1. The van der Waals surface area contributed by atoms with E-state index in [-0.39, 0.29) is 24.1 Å². The molecule has 1 aliphatic heterocycles. The lowest BCUT2D eigenvalue weighted by molar-refractivity contribution is -0.137. The third kappa shape index (κ3) is 4.76. The minimum atomic E-state index is -0.891. The highest BCUT2D eigenvalue weighted by molar-refractivity contribution is 5.89. The van der Waals surface area contributed by atoms with E-state index < -0.39 is 5.97 Å². The van der Waals surface area contributed by atoms with Crippen LogP contribution < -0.4 is 11.1 Å². The number of aromatic amines is 2. The van der Waals surface area contributed by atoms with Gasteiger partial charge in [-0.3, -0.25) is 15.2 Å². The average molecular weight is 310 g/mol. The summed E-state index contributed by atoms with van der Waals surface area (Å²) in [6.07, 6.45) is 0. The number of hydrogen-bond donors (Lipinski definition) is 4. The van der Waals surface area contributed by atoms with Gasteiger partial charge >= 0.3 is 11.7 Å². The molecule has 0 bridgehead atoms. The lowest BCUT2D eigenvalue weighted by Crippen LogP contribution is -2.34. The van der Waals surface area contributed by atoms with Crippen LogP contribution in [-0.4, -0.2) is 43.5 Å². The average Bonchev–Trinajstić information content (AvgIpc) is 2.97. The summed E-state index contributed by atoms with van der Waals surface area (Å²) in [5.41, 5.74) is 2.43. The van der Waals surface area contributed by atoms with Crippen LogP contribution in [0.1, 0.15) is 39.4 Å². The summed E-state index contributed by atoms with van der Waals surface area (Å²) in [5, 5.41) is 18.6. The molecule has 9 heteroatoms. The maximum atomic E-state index is 10.5. The van der Waals surface area contributed by atoms with Crippen molar-refractivity contribution in [2.24, 2.45) is 11.0 Å². The predicted octanol–water partition coefficient (Wildman–Crippen LogP) is 0.638. The molecule has 0 unspecified atom stereocenters. The second kappa shape index (κ2) is 7.43. The Bertz CT molecular complexity index is 613. The largest absolute Gasteiger partial charge is 0.480 e. The molecule has 0 aliphatic carbocycles.